The van der Waals surface area contributed by atoms with E-state index in [4.69, 9.17) is 0 Å². The molecule has 4 rings (SSSR count). The Hall–Kier alpha value is -3.65. The summed E-state index contributed by atoms with van der Waals surface area (Å²) in [7, 11) is 0. The molecule has 2 N–H and O–H groups in total. The first kappa shape index (κ1) is 19.7. The minimum Gasteiger partial charge on any atom is -0.301 e. The highest BCUT2D eigenvalue weighted by atomic mass is 32.2. The Balaban J connectivity index is 1.56. The Labute approximate surface area is 175 Å². The number of anilines is 1. The summed E-state index contributed by atoms with van der Waals surface area (Å²) < 4.78 is 1.41. The van der Waals surface area contributed by atoms with Crippen LogP contribution in [-0.4, -0.2) is 46.5 Å². The highest BCUT2D eigenvalue weighted by Gasteiger charge is 2.14. The van der Waals surface area contributed by atoms with Gasteiger partial charge < -0.3 is 4.98 Å². The number of nitro benzene ring substituents is 1. The number of nitro groups is 1. The molecule has 0 spiro atoms. The van der Waals surface area contributed by atoms with E-state index in [-0.39, 0.29) is 33.5 Å². The lowest BCUT2D eigenvalue weighted by molar-refractivity contribution is -0.384. The maximum atomic E-state index is 12.4. The second kappa shape index (κ2) is 8.00. The van der Waals surface area contributed by atoms with Gasteiger partial charge in [0.1, 0.15) is 10.4 Å². The molecule has 1 aromatic carbocycles. The summed E-state index contributed by atoms with van der Waals surface area (Å²) in [5.74, 6) is -0.318. The largest absolute Gasteiger partial charge is 0.301 e. The zero-order chi connectivity index (χ0) is 21.3. The summed E-state index contributed by atoms with van der Waals surface area (Å²) in [4.78, 5) is 41.8. The Kier molecular flexibility index (Phi) is 5.24. The number of amides is 1. The van der Waals surface area contributed by atoms with Gasteiger partial charge in [-0.25, -0.2) is 9.67 Å². The van der Waals surface area contributed by atoms with E-state index in [0.29, 0.717) is 10.8 Å². The molecule has 14 heteroatoms. The lowest BCUT2D eigenvalue weighted by Gasteiger charge is -2.04. The monoisotopic (exact) mass is 444 g/mol. The molecule has 0 aliphatic carbocycles. The fourth-order valence-corrected chi connectivity index (χ4v) is 3.77. The molecule has 152 valence electrons. The minimum absolute atomic E-state index is 0.00125. The van der Waals surface area contributed by atoms with Crippen LogP contribution in [0.2, 0.25) is 0 Å². The number of rotatable bonds is 6. The van der Waals surface area contributed by atoms with Crippen molar-refractivity contribution in [2.75, 3.05) is 11.1 Å². The lowest BCUT2D eigenvalue weighted by Crippen LogP contribution is -2.15. The van der Waals surface area contributed by atoms with Crippen LogP contribution in [0.3, 0.4) is 0 Å². The maximum absolute atomic E-state index is 12.4. The van der Waals surface area contributed by atoms with E-state index in [0.717, 1.165) is 16.8 Å². The summed E-state index contributed by atoms with van der Waals surface area (Å²) in [5.41, 5.74) is 0.314. The van der Waals surface area contributed by atoms with Gasteiger partial charge in [-0.2, -0.15) is 5.10 Å². The molecule has 0 unspecified atom stereocenters. The van der Waals surface area contributed by atoms with Gasteiger partial charge in [0, 0.05) is 12.1 Å². The summed E-state index contributed by atoms with van der Waals surface area (Å²) in [6.45, 7) is 1.78. The number of aryl methyl sites for hydroxylation is 1. The topological polar surface area (TPSA) is 162 Å². The van der Waals surface area contributed by atoms with Crippen molar-refractivity contribution in [2.24, 2.45) is 0 Å². The first-order valence-corrected chi connectivity index (χ1v) is 10.2. The van der Waals surface area contributed by atoms with Crippen molar-refractivity contribution in [3.63, 3.8) is 0 Å². The molecule has 0 bridgehead atoms. The quantitative estimate of drug-likeness (QED) is 0.196. The Morgan fingerprint density at radius 2 is 2.10 bits per heavy atom. The highest BCUT2D eigenvalue weighted by molar-refractivity contribution is 7.99. The van der Waals surface area contributed by atoms with Gasteiger partial charge in [-0.3, -0.25) is 25.0 Å². The third-order valence-corrected chi connectivity index (χ3v) is 5.46. The van der Waals surface area contributed by atoms with Crippen LogP contribution in [0.1, 0.15) is 5.01 Å². The molecule has 0 aliphatic rings. The molecule has 0 atom stereocenters. The van der Waals surface area contributed by atoms with Gasteiger partial charge >= 0.3 is 0 Å². The predicted molar refractivity (Wildman–Crippen MR) is 110 cm³/mol. The van der Waals surface area contributed by atoms with Crippen LogP contribution in [0.25, 0.3) is 16.7 Å². The molecule has 3 aromatic heterocycles. The molecule has 12 nitrogen and oxygen atoms in total. The van der Waals surface area contributed by atoms with Crippen LogP contribution >= 0.6 is 23.1 Å². The fourth-order valence-electron chi connectivity index (χ4n) is 2.51. The molecule has 0 saturated carbocycles. The average molecular weight is 444 g/mol. The Bertz CT molecular complexity index is 1310. The van der Waals surface area contributed by atoms with Crippen LogP contribution in [0, 0.1) is 17.0 Å². The number of carbonyl (C=O) groups is 1. The lowest BCUT2D eigenvalue weighted by atomic mass is 10.3. The van der Waals surface area contributed by atoms with Crippen molar-refractivity contribution in [1.82, 2.24) is 29.9 Å². The summed E-state index contributed by atoms with van der Waals surface area (Å²) >= 11 is 2.30. The molecular formula is C16H12N8O4S2. The number of benzene rings is 1. The fraction of sp³-hybridized carbons (Fsp3) is 0.125. The number of thioether (sulfide) groups is 1. The van der Waals surface area contributed by atoms with Crippen LogP contribution in [-0.2, 0) is 4.79 Å². The van der Waals surface area contributed by atoms with Crippen molar-refractivity contribution < 1.29 is 9.72 Å². The smallest absolute Gasteiger partial charge is 0.269 e. The number of hydrogen-bond donors (Lipinski definition) is 2. The number of aromatic nitrogens is 6. The van der Waals surface area contributed by atoms with E-state index in [1.807, 2.05) is 0 Å². The maximum Gasteiger partial charge on any atom is 0.269 e. The van der Waals surface area contributed by atoms with E-state index in [1.165, 1.54) is 46.5 Å². The van der Waals surface area contributed by atoms with Gasteiger partial charge in [0.15, 0.2) is 10.8 Å². The molecule has 0 aliphatic heterocycles. The van der Waals surface area contributed by atoms with E-state index in [9.17, 15) is 19.7 Å². The van der Waals surface area contributed by atoms with Crippen LogP contribution in [0.5, 0.6) is 0 Å². The second-order valence-corrected chi connectivity index (χ2v) is 8.05. The van der Waals surface area contributed by atoms with E-state index >= 15 is 0 Å². The molecule has 0 radical (unpaired) electrons. The van der Waals surface area contributed by atoms with Crippen molar-refractivity contribution in [2.45, 2.75) is 12.1 Å². The zero-order valence-corrected chi connectivity index (χ0v) is 16.9. The van der Waals surface area contributed by atoms with E-state index in [1.54, 1.807) is 6.92 Å². The third-order valence-electron chi connectivity index (χ3n) is 3.83. The first-order valence-electron chi connectivity index (χ1n) is 8.36. The van der Waals surface area contributed by atoms with Gasteiger partial charge in [0.05, 0.1) is 22.6 Å². The van der Waals surface area contributed by atoms with Gasteiger partial charge in [-0.05, 0) is 19.1 Å². The van der Waals surface area contributed by atoms with Crippen molar-refractivity contribution in [3.05, 3.63) is 55.9 Å². The van der Waals surface area contributed by atoms with E-state index < -0.39 is 10.5 Å². The first-order chi connectivity index (χ1) is 14.4. The summed E-state index contributed by atoms with van der Waals surface area (Å²) in [6, 6.07) is 5.70. The normalized spacial score (nSPS) is 11.0. The van der Waals surface area contributed by atoms with Crippen LogP contribution in [0.15, 0.2) is 40.4 Å². The average Bonchev–Trinajstić information content (AvgIpc) is 3.33. The predicted octanol–water partition coefficient (Wildman–Crippen LogP) is 1.91. The standard InChI is InChI=1S/C16H12N8O4S2/c1-8-21-22-16(30-8)18-12(25)7-29-15-19-13-11(14(26)20-15)6-17-23(13)9-2-4-10(5-3-9)24(27)28/h2-6H,7H2,1H3,(H,18,22,25)(H,19,20,26). The molecule has 0 fully saturated rings. The number of nitrogens with zero attached hydrogens (tertiary/aromatic N) is 6. The number of hydrogen-bond acceptors (Lipinski definition) is 10. The zero-order valence-electron chi connectivity index (χ0n) is 15.2. The number of carbonyl (C=O) groups excluding carboxylic acids is 1. The SMILES string of the molecule is Cc1nnc(NC(=O)CSc2nc3c(cnn3-c3ccc([N+](=O)[O-])cc3)c(=O)[nH]2)s1. The van der Waals surface area contributed by atoms with Crippen molar-refractivity contribution in [3.8, 4) is 5.69 Å². The van der Waals surface area contributed by atoms with Crippen molar-refractivity contribution in [1.29, 1.82) is 0 Å². The number of H-pyrrole nitrogens is 1. The van der Waals surface area contributed by atoms with Crippen LogP contribution in [0.4, 0.5) is 10.8 Å². The molecule has 3 heterocycles. The summed E-state index contributed by atoms with van der Waals surface area (Å²) in [5, 5.41) is 26.9. The Morgan fingerprint density at radius 1 is 1.33 bits per heavy atom. The van der Waals surface area contributed by atoms with E-state index in [2.05, 4.69) is 30.6 Å². The molecular weight excluding hydrogens is 432 g/mol. The van der Waals surface area contributed by atoms with Crippen LogP contribution < -0.4 is 10.9 Å². The minimum atomic E-state index is -0.503. The third kappa shape index (κ3) is 4.04. The van der Waals surface area contributed by atoms with Gasteiger partial charge in [-0.15, -0.1) is 10.2 Å². The number of fused-ring (bicyclic) bond motifs is 1. The van der Waals surface area contributed by atoms with Crippen molar-refractivity contribution >= 4 is 50.9 Å². The molecule has 30 heavy (non-hydrogen) atoms. The van der Waals surface area contributed by atoms with Gasteiger partial charge in [0.25, 0.3) is 11.2 Å². The van der Waals surface area contributed by atoms with Gasteiger partial charge in [0.2, 0.25) is 11.0 Å². The summed E-state index contributed by atoms with van der Waals surface area (Å²) in [6.07, 6.45) is 1.36. The molecule has 4 aromatic rings. The Morgan fingerprint density at radius 3 is 2.77 bits per heavy atom. The molecule has 0 saturated heterocycles. The second-order valence-electron chi connectivity index (χ2n) is 5.90. The molecule has 1 amide bonds. The van der Waals surface area contributed by atoms with Gasteiger partial charge in [-0.1, -0.05) is 23.1 Å². The number of aromatic amines is 1. The highest BCUT2D eigenvalue weighted by Crippen LogP contribution is 2.20. The number of non-ortho nitro benzene ring substituents is 1. The number of nitrogens with one attached hydrogen (secondary N) is 2.